The van der Waals surface area contributed by atoms with Gasteiger partial charge in [0.15, 0.2) is 0 Å². The summed E-state index contributed by atoms with van der Waals surface area (Å²) in [6, 6.07) is 10.5. The van der Waals surface area contributed by atoms with E-state index in [0.29, 0.717) is 12.8 Å². The van der Waals surface area contributed by atoms with Crippen LogP contribution in [-0.4, -0.2) is 17.1 Å². The van der Waals surface area contributed by atoms with Crippen LogP contribution in [0.5, 0.6) is 5.75 Å². The smallest absolute Gasteiger partial charge is 0.392 e. The fourth-order valence-electron chi connectivity index (χ4n) is 2.70. The predicted octanol–water partition coefficient (Wildman–Crippen LogP) is 5.98. The summed E-state index contributed by atoms with van der Waals surface area (Å²) in [6.45, 7) is 3.86. The minimum absolute atomic E-state index is 0.0620. The first-order valence-electron chi connectivity index (χ1n) is 9.16. The molecule has 0 saturated carbocycles. The fourth-order valence-corrected chi connectivity index (χ4v) is 2.70. The van der Waals surface area contributed by atoms with Gasteiger partial charge in [-0.2, -0.15) is 13.2 Å². The van der Waals surface area contributed by atoms with E-state index in [9.17, 15) is 18.0 Å². The van der Waals surface area contributed by atoms with Gasteiger partial charge in [0.1, 0.15) is 5.75 Å². The molecule has 1 aromatic heterocycles. The lowest BCUT2D eigenvalue weighted by Gasteiger charge is -2.19. The van der Waals surface area contributed by atoms with Crippen molar-refractivity contribution in [2.75, 3.05) is 0 Å². The minimum Gasteiger partial charge on any atom is -0.427 e. The third kappa shape index (κ3) is 6.38. The third-order valence-electron chi connectivity index (χ3n) is 4.40. The monoisotopic (exact) mass is 379 g/mol. The number of aromatic nitrogens is 1. The van der Waals surface area contributed by atoms with Gasteiger partial charge in [-0.3, -0.25) is 9.78 Å². The van der Waals surface area contributed by atoms with Gasteiger partial charge < -0.3 is 4.74 Å². The second-order valence-corrected chi connectivity index (χ2v) is 6.49. The maximum absolute atomic E-state index is 13.0. The van der Waals surface area contributed by atoms with Crippen molar-refractivity contribution in [2.45, 2.75) is 52.1 Å². The summed E-state index contributed by atoms with van der Waals surface area (Å²) in [7, 11) is 0. The Morgan fingerprint density at radius 1 is 1.11 bits per heavy atom. The molecule has 0 spiro atoms. The molecule has 146 valence electrons. The highest BCUT2D eigenvalue weighted by Gasteiger charge is 2.40. The van der Waals surface area contributed by atoms with Crippen LogP contribution >= 0.6 is 0 Å². The molecule has 0 bridgehead atoms. The quantitative estimate of drug-likeness (QED) is 0.419. The zero-order valence-corrected chi connectivity index (χ0v) is 15.6. The van der Waals surface area contributed by atoms with E-state index in [1.54, 1.807) is 30.5 Å². The molecule has 0 aliphatic carbocycles. The molecule has 1 heterocycles. The molecule has 1 atom stereocenters. The summed E-state index contributed by atoms with van der Waals surface area (Å²) in [5.41, 5.74) is 2.75. The molecule has 0 N–H and O–H groups in total. The summed E-state index contributed by atoms with van der Waals surface area (Å²) < 4.78 is 44.2. The lowest BCUT2D eigenvalue weighted by atomic mass is 9.98. The van der Waals surface area contributed by atoms with Crippen LogP contribution < -0.4 is 4.74 Å². The second-order valence-electron chi connectivity index (χ2n) is 6.49. The van der Waals surface area contributed by atoms with Gasteiger partial charge >= 0.3 is 12.1 Å². The topological polar surface area (TPSA) is 39.2 Å². The van der Waals surface area contributed by atoms with E-state index < -0.39 is 24.5 Å². The van der Waals surface area contributed by atoms with Crippen molar-refractivity contribution in [1.82, 2.24) is 4.98 Å². The highest BCUT2D eigenvalue weighted by molar-refractivity contribution is 5.73. The molecule has 6 heteroatoms. The number of carbonyl (C=O) groups excluding carboxylic acids is 1. The lowest BCUT2D eigenvalue weighted by molar-refractivity contribution is -0.183. The van der Waals surface area contributed by atoms with Crippen molar-refractivity contribution in [1.29, 1.82) is 0 Å². The van der Waals surface area contributed by atoms with Gasteiger partial charge in [-0.25, -0.2) is 0 Å². The Kier molecular flexibility index (Phi) is 7.39. The normalized spacial score (nSPS) is 12.6. The van der Waals surface area contributed by atoms with Crippen LogP contribution in [0.3, 0.4) is 0 Å². The van der Waals surface area contributed by atoms with Gasteiger partial charge in [-0.1, -0.05) is 32.8 Å². The highest BCUT2D eigenvalue weighted by Crippen LogP contribution is 2.33. The maximum atomic E-state index is 13.0. The Morgan fingerprint density at radius 2 is 1.81 bits per heavy atom. The van der Waals surface area contributed by atoms with Crippen LogP contribution in [0.2, 0.25) is 0 Å². The zero-order valence-electron chi connectivity index (χ0n) is 15.6. The number of pyridine rings is 1. The maximum Gasteiger partial charge on any atom is 0.392 e. The Morgan fingerprint density at radius 3 is 2.33 bits per heavy atom. The largest absolute Gasteiger partial charge is 0.427 e. The molecule has 27 heavy (non-hydrogen) atoms. The third-order valence-corrected chi connectivity index (χ3v) is 4.40. The van der Waals surface area contributed by atoms with Gasteiger partial charge in [0, 0.05) is 11.8 Å². The van der Waals surface area contributed by atoms with Gasteiger partial charge in [0.25, 0.3) is 0 Å². The molecule has 0 amide bonds. The summed E-state index contributed by atoms with van der Waals surface area (Å²) in [5, 5.41) is 0. The van der Waals surface area contributed by atoms with Crippen molar-refractivity contribution < 1.29 is 22.7 Å². The van der Waals surface area contributed by atoms with E-state index in [2.05, 4.69) is 4.98 Å². The molecule has 0 saturated heterocycles. The van der Waals surface area contributed by atoms with E-state index in [4.69, 9.17) is 4.74 Å². The Balaban J connectivity index is 1.99. The predicted molar refractivity (Wildman–Crippen MR) is 98.4 cm³/mol. The highest BCUT2D eigenvalue weighted by atomic mass is 19.4. The lowest BCUT2D eigenvalue weighted by Crippen LogP contribution is -2.27. The van der Waals surface area contributed by atoms with Crippen molar-refractivity contribution in [3.63, 3.8) is 0 Å². The average Bonchev–Trinajstić information content (AvgIpc) is 2.65. The molecule has 1 unspecified atom stereocenters. The van der Waals surface area contributed by atoms with Gasteiger partial charge in [0.2, 0.25) is 0 Å². The van der Waals surface area contributed by atoms with Crippen LogP contribution in [0.25, 0.3) is 11.3 Å². The molecule has 0 aliphatic rings. The Hall–Kier alpha value is -2.37. The van der Waals surface area contributed by atoms with E-state index in [1.807, 2.05) is 26.0 Å². The number of nitrogens with zero attached hydrogens (tertiary/aromatic N) is 1. The molecule has 2 rings (SSSR count). The first-order chi connectivity index (χ1) is 12.8. The average molecular weight is 379 g/mol. The van der Waals surface area contributed by atoms with E-state index in [1.165, 1.54) is 0 Å². The Labute approximate surface area is 157 Å². The summed E-state index contributed by atoms with van der Waals surface area (Å²) in [5.74, 6) is -2.30. The molecule has 3 nitrogen and oxygen atoms in total. The molecule has 1 aromatic carbocycles. The summed E-state index contributed by atoms with van der Waals surface area (Å²) in [6.07, 6.45) is -1.34. The molecular weight excluding hydrogens is 355 g/mol. The number of esters is 1. The van der Waals surface area contributed by atoms with E-state index >= 15 is 0 Å². The van der Waals surface area contributed by atoms with Gasteiger partial charge in [0.05, 0.1) is 18.0 Å². The van der Waals surface area contributed by atoms with Gasteiger partial charge in [-0.15, -0.1) is 0 Å². The number of ether oxygens (including phenoxy) is 1. The number of hydrogen-bond donors (Lipinski definition) is 0. The number of carbonyl (C=O) groups is 1. The number of hydrogen-bond acceptors (Lipinski definition) is 3. The van der Waals surface area contributed by atoms with E-state index in [0.717, 1.165) is 23.2 Å². The van der Waals surface area contributed by atoms with Crippen molar-refractivity contribution in [3.05, 3.63) is 48.2 Å². The summed E-state index contributed by atoms with van der Waals surface area (Å²) >= 11 is 0. The molecule has 2 aromatic rings. The number of rotatable bonds is 8. The number of unbranched alkanes of at least 4 members (excludes halogenated alkanes) is 1. The van der Waals surface area contributed by atoms with Crippen molar-refractivity contribution in [2.24, 2.45) is 5.92 Å². The number of benzene rings is 1. The number of halogens is 3. The van der Waals surface area contributed by atoms with Gasteiger partial charge in [-0.05, 0) is 48.7 Å². The van der Waals surface area contributed by atoms with Crippen molar-refractivity contribution >= 4 is 5.97 Å². The Bertz CT molecular complexity index is 725. The fraction of sp³-hybridized carbons (Fsp3) is 0.429. The van der Waals surface area contributed by atoms with E-state index in [-0.39, 0.29) is 12.2 Å². The van der Waals surface area contributed by atoms with Crippen LogP contribution in [0.15, 0.2) is 42.6 Å². The zero-order chi connectivity index (χ0) is 19.9. The summed E-state index contributed by atoms with van der Waals surface area (Å²) in [4.78, 5) is 16.3. The standard InChI is InChI=1S/C21H24F3NO2/c1-3-5-6-17(21(22,23)24)13-20(26)27-18-10-8-16(9-11-18)19-12-7-15(4-2)14-25-19/h7-12,14,17H,3-6,13H2,1-2H3. The second kappa shape index (κ2) is 9.53. The first kappa shape index (κ1) is 20.9. The molecular formula is C21H24F3NO2. The van der Waals surface area contributed by atoms with Crippen molar-refractivity contribution in [3.8, 4) is 17.0 Å². The first-order valence-corrected chi connectivity index (χ1v) is 9.16. The van der Waals surface area contributed by atoms with Crippen LogP contribution in [0, 0.1) is 5.92 Å². The van der Waals surface area contributed by atoms with Crippen LogP contribution in [0.4, 0.5) is 13.2 Å². The SMILES string of the molecule is CCCCC(CC(=O)Oc1ccc(-c2ccc(CC)cn2)cc1)C(F)(F)F. The van der Waals surface area contributed by atoms with Crippen LogP contribution in [-0.2, 0) is 11.2 Å². The molecule has 0 aliphatic heterocycles. The molecule has 0 radical (unpaired) electrons. The number of aryl methyl sites for hydroxylation is 1. The minimum atomic E-state index is -4.39. The molecule has 0 fully saturated rings. The number of alkyl halides is 3. The van der Waals surface area contributed by atoms with Crippen LogP contribution in [0.1, 0.15) is 45.1 Å².